The fourth-order valence-corrected chi connectivity index (χ4v) is 2.15. The summed E-state index contributed by atoms with van der Waals surface area (Å²) in [5, 5.41) is 14.4. The van der Waals surface area contributed by atoms with Gasteiger partial charge in [0.25, 0.3) is 0 Å². The Labute approximate surface area is 91.2 Å². The third-order valence-corrected chi connectivity index (χ3v) is 3.19. The van der Waals surface area contributed by atoms with E-state index < -0.39 is 0 Å². The zero-order valence-corrected chi connectivity index (χ0v) is 9.24. The van der Waals surface area contributed by atoms with Crippen LogP contribution in [-0.2, 0) is 6.54 Å². The minimum Gasteiger partial charge on any atom is -0.246 e. The van der Waals surface area contributed by atoms with Gasteiger partial charge in [-0.2, -0.15) is 5.10 Å². The summed E-state index contributed by atoms with van der Waals surface area (Å²) in [5.74, 6) is 1.60. The molecule has 0 spiro atoms. The quantitative estimate of drug-likeness (QED) is 0.785. The van der Waals surface area contributed by atoms with Gasteiger partial charge in [0.15, 0.2) is 5.82 Å². The molecule has 2 heterocycles. The molecule has 0 radical (unpaired) electrons. The molecule has 0 atom stereocenters. The number of nitrogens with zero attached hydrogens (tertiary/aromatic N) is 5. The van der Waals surface area contributed by atoms with Crippen LogP contribution < -0.4 is 0 Å². The van der Waals surface area contributed by atoms with E-state index in [2.05, 4.69) is 20.3 Å². The maximum Gasteiger partial charge on any atom is 0.153 e. The molecule has 3 rings (SSSR count). The van der Waals surface area contributed by atoms with Gasteiger partial charge in [0.2, 0.25) is 0 Å². The molecular weight excluding hydrogens is 210 g/mol. The zero-order chi connectivity index (χ0) is 10.3. The second kappa shape index (κ2) is 3.37. The lowest BCUT2D eigenvalue weighted by molar-refractivity contribution is 0.663. The average molecular weight is 221 g/mol. The van der Waals surface area contributed by atoms with Gasteiger partial charge in [-0.1, -0.05) is 11.3 Å². The first kappa shape index (κ1) is 8.96. The summed E-state index contributed by atoms with van der Waals surface area (Å²) < 4.78 is 1.84. The highest BCUT2D eigenvalue weighted by Gasteiger charge is 2.27. The Bertz CT molecular complexity index is 470. The van der Waals surface area contributed by atoms with E-state index in [-0.39, 0.29) is 0 Å². The van der Waals surface area contributed by atoms with Gasteiger partial charge in [0.05, 0.1) is 6.54 Å². The van der Waals surface area contributed by atoms with E-state index in [4.69, 9.17) is 0 Å². The number of hydrogen-bond donors (Lipinski definition) is 0. The van der Waals surface area contributed by atoms with Crippen molar-refractivity contribution in [3.63, 3.8) is 0 Å². The van der Waals surface area contributed by atoms with Gasteiger partial charge in [-0.25, -0.2) is 9.67 Å². The normalized spacial score (nSPS) is 15.8. The Kier molecular flexibility index (Phi) is 2.02. The highest BCUT2D eigenvalue weighted by Crippen LogP contribution is 2.37. The molecular formula is C9H11N5S. The van der Waals surface area contributed by atoms with Crippen molar-refractivity contribution in [3.8, 4) is 0 Å². The van der Waals surface area contributed by atoms with Crippen molar-refractivity contribution in [1.82, 2.24) is 25.0 Å². The van der Waals surface area contributed by atoms with Gasteiger partial charge in [0, 0.05) is 5.92 Å². The maximum absolute atomic E-state index is 4.42. The van der Waals surface area contributed by atoms with E-state index >= 15 is 0 Å². The summed E-state index contributed by atoms with van der Waals surface area (Å²) in [7, 11) is 0. The summed E-state index contributed by atoms with van der Waals surface area (Å²) in [5.41, 5.74) is 0. The van der Waals surface area contributed by atoms with Crippen molar-refractivity contribution in [2.45, 2.75) is 32.2 Å². The van der Waals surface area contributed by atoms with Crippen LogP contribution in [0.1, 0.15) is 34.6 Å². The molecule has 2 aromatic rings. The lowest BCUT2D eigenvalue weighted by Crippen LogP contribution is -2.00. The van der Waals surface area contributed by atoms with Gasteiger partial charge >= 0.3 is 0 Å². The van der Waals surface area contributed by atoms with Crippen LogP contribution in [0.2, 0.25) is 0 Å². The first-order valence-corrected chi connectivity index (χ1v) is 5.81. The van der Waals surface area contributed by atoms with Crippen molar-refractivity contribution >= 4 is 11.3 Å². The highest BCUT2D eigenvalue weighted by molar-refractivity contribution is 7.11. The minimum atomic E-state index is 0.613. The molecule has 0 saturated heterocycles. The van der Waals surface area contributed by atoms with Crippen molar-refractivity contribution in [1.29, 1.82) is 0 Å². The molecule has 1 aliphatic carbocycles. The van der Waals surface area contributed by atoms with Gasteiger partial charge in [-0.05, 0) is 19.8 Å². The van der Waals surface area contributed by atoms with Crippen molar-refractivity contribution in [2.24, 2.45) is 0 Å². The lowest BCUT2D eigenvalue weighted by atomic mass is 10.4. The van der Waals surface area contributed by atoms with Crippen LogP contribution in [0.3, 0.4) is 0 Å². The Morgan fingerprint density at radius 1 is 1.47 bits per heavy atom. The molecule has 0 amide bonds. The molecule has 0 aliphatic heterocycles. The van der Waals surface area contributed by atoms with E-state index in [1.54, 1.807) is 17.7 Å². The molecule has 0 bridgehead atoms. The number of aryl methyl sites for hydroxylation is 1. The van der Waals surface area contributed by atoms with Crippen LogP contribution in [-0.4, -0.2) is 25.0 Å². The fourth-order valence-electron chi connectivity index (χ4n) is 1.45. The Balaban J connectivity index is 1.75. The largest absolute Gasteiger partial charge is 0.246 e. The van der Waals surface area contributed by atoms with Crippen molar-refractivity contribution < 1.29 is 0 Å². The standard InChI is InChI=1S/C9H11N5S/c1-6-11-12-8(15-6)4-14-5-10-9(13-14)7-2-3-7/h5,7H,2-4H2,1H3. The van der Waals surface area contributed by atoms with Crippen LogP contribution in [0.4, 0.5) is 0 Å². The maximum atomic E-state index is 4.42. The molecule has 0 aromatic carbocycles. The molecule has 2 aromatic heterocycles. The third kappa shape index (κ3) is 1.90. The molecule has 0 N–H and O–H groups in total. The Hall–Kier alpha value is -1.30. The van der Waals surface area contributed by atoms with Gasteiger partial charge in [0.1, 0.15) is 16.3 Å². The smallest absolute Gasteiger partial charge is 0.153 e. The van der Waals surface area contributed by atoms with Crippen LogP contribution in [0.25, 0.3) is 0 Å². The number of hydrogen-bond acceptors (Lipinski definition) is 5. The molecule has 5 nitrogen and oxygen atoms in total. The molecule has 6 heteroatoms. The summed E-state index contributed by atoms with van der Waals surface area (Å²) in [6.45, 7) is 2.64. The predicted molar refractivity (Wildman–Crippen MR) is 55.7 cm³/mol. The van der Waals surface area contributed by atoms with Gasteiger partial charge in [-0.3, -0.25) is 0 Å². The molecule has 1 fully saturated rings. The first-order chi connectivity index (χ1) is 7.31. The van der Waals surface area contributed by atoms with E-state index in [0.29, 0.717) is 12.5 Å². The van der Waals surface area contributed by atoms with Crippen molar-refractivity contribution in [3.05, 3.63) is 22.2 Å². The summed E-state index contributed by atoms with van der Waals surface area (Å²) in [6, 6.07) is 0. The zero-order valence-electron chi connectivity index (χ0n) is 8.42. The molecule has 15 heavy (non-hydrogen) atoms. The topological polar surface area (TPSA) is 56.5 Å². The van der Waals surface area contributed by atoms with Crippen LogP contribution in [0.15, 0.2) is 6.33 Å². The van der Waals surface area contributed by atoms with Crippen molar-refractivity contribution in [2.75, 3.05) is 0 Å². The van der Waals surface area contributed by atoms with E-state index in [1.807, 2.05) is 11.6 Å². The third-order valence-electron chi connectivity index (χ3n) is 2.36. The monoisotopic (exact) mass is 221 g/mol. The predicted octanol–water partition coefficient (Wildman–Crippen LogP) is 1.36. The SMILES string of the molecule is Cc1nnc(Cn2cnc(C3CC3)n2)s1. The van der Waals surface area contributed by atoms with Crippen LogP contribution in [0.5, 0.6) is 0 Å². The second-order valence-electron chi connectivity index (χ2n) is 3.79. The number of aromatic nitrogens is 5. The molecule has 0 unspecified atom stereocenters. The summed E-state index contributed by atoms with van der Waals surface area (Å²) in [4.78, 5) is 4.29. The van der Waals surface area contributed by atoms with E-state index in [1.165, 1.54) is 12.8 Å². The minimum absolute atomic E-state index is 0.613. The fraction of sp³-hybridized carbons (Fsp3) is 0.556. The van der Waals surface area contributed by atoms with E-state index in [0.717, 1.165) is 15.8 Å². The summed E-state index contributed by atoms with van der Waals surface area (Å²) in [6.07, 6.45) is 4.26. The first-order valence-electron chi connectivity index (χ1n) is 4.99. The van der Waals surface area contributed by atoms with E-state index in [9.17, 15) is 0 Å². The molecule has 1 aliphatic rings. The second-order valence-corrected chi connectivity index (χ2v) is 5.06. The molecule has 78 valence electrons. The highest BCUT2D eigenvalue weighted by atomic mass is 32.1. The van der Waals surface area contributed by atoms with Gasteiger partial charge in [-0.15, -0.1) is 10.2 Å². The van der Waals surface area contributed by atoms with Crippen LogP contribution >= 0.6 is 11.3 Å². The number of rotatable bonds is 3. The summed E-state index contributed by atoms with van der Waals surface area (Å²) >= 11 is 1.61. The van der Waals surface area contributed by atoms with Gasteiger partial charge < -0.3 is 0 Å². The van der Waals surface area contributed by atoms with Crippen LogP contribution in [0, 0.1) is 6.92 Å². The molecule has 1 saturated carbocycles. The Morgan fingerprint density at radius 2 is 2.33 bits per heavy atom. The average Bonchev–Trinajstić information content (AvgIpc) is 2.84. The lowest BCUT2D eigenvalue weighted by Gasteiger charge is -1.93. The Morgan fingerprint density at radius 3 is 3.00 bits per heavy atom.